The van der Waals surface area contributed by atoms with Gasteiger partial charge in [0.1, 0.15) is 0 Å². The first-order valence-corrected chi connectivity index (χ1v) is 6.33. The van der Waals surface area contributed by atoms with Crippen LogP contribution >= 0.6 is 0 Å². The van der Waals surface area contributed by atoms with E-state index in [9.17, 15) is 0 Å². The Balaban J connectivity index is 1.72. The Bertz CT molecular complexity index is 289. The standard InChI is InChI=1S/C14H22N2/c1-15-13-7-9-14(10-8-13)16-11-12-5-3-2-4-6-12/h2-6,13-16H,7-11H2,1H3. The highest BCUT2D eigenvalue weighted by Gasteiger charge is 2.18. The zero-order chi connectivity index (χ0) is 11.2. The van der Waals surface area contributed by atoms with E-state index in [1.807, 2.05) is 0 Å². The molecule has 0 bridgehead atoms. The molecule has 2 nitrogen and oxygen atoms in total. The van der Waals surface area contributed by atoms with Crippen LogP contribution in [0.5, 0.6) is 0 Å². The van der Waals surface area contributed by atoms with Crippen LogP contribution in [-0.4, -0.2) is 19.1 Å². The van der Waals surface area contributed by atoms with Gasteiger partial charge < -0.3 is 10.6 Å². The Hall–Kier alpha value is -0.860. The van der Waals surface area contributed by atoms with Crippen LogP contribution in [0.2, 0.25) is 0 Å². The van der Waals surface area contributed by atoms with E-state index in [4.69, 9.17) is 0 Å². The van der Waals surface area contributed by atoms with Gasteiger partial charge in [0, 0.05) is 18.6 Å². The third kappa shape index (κ3) is 3.32. The lowest BCUT2D eigenvalue weighted by Gasteiger charge is -2.29. The molecule has 1 saturated carbocycles. The fourth-order valence-electron chi connectivity index (χ4n) is 2.44. The van der Waals surface area contributed by atoms with Gasteiger partial charge in [-0.15, -0.1) is 0 Å². The molecule has 1 aliphatic rings. The van der Waals surface area contributed by atoms with Gasteiger partial charge >= 0.3 is 0 Å². The molecule has 0 atom stereocenters. The summed E-state index contributed by atoms with van der Waals surface area (Å²) in [6.07, 6.45) is 5.22. The zero-order valence-corrected chi connectivity index (χ0v) is 10.1. The average molecular weight is 218 g/mol. The highest BCUT2D eigenvalue weighted by atomic mass is 14.9. The van der Waals surface area contributed by atoms with Crippen LogP contribution < -0.4 is 10.6 Å². The molecule has 0 saturated heterocycles. The fraction of sp³-hybridized carbons (Fsp3) is 0.571. The van der Waals surface area contributed by atoms with Crippen molar-refractivity contribution in [1.82, 2.24) is 10.6 Å². The summed E-state index contributed by atoms with van der Waals surface area (Å²) in [5.41, 5.74) is 1.39. The maximum absolute atomic E-state index is 3.65. The largest absolute Gasteiger partial charge is 0.317 e. The van der Waals surface area contributed by atoms with Crippen molar-refractivity contribution in [2.24, 2.45) is 0 Å². The van der Waals surface area contributed by atoms with Crippen molar-refractivity contribution >= 4 is 0 Å². The van der Waals surface area contributed by atoms with Crippen molar-refractivity contribution in [3.05, 3.63) is 35.9 Å². The quantitative estimate of drug-likeness (QED) is 0.810. The van der Waals surface area contributed by atoms with E-state index < -0.39 is 0 Å². The van der Waals surface area contributed by atoms with E-state index in [2.05, 4.69) is 48.0 Å². The van der Waals surface area contributed by atoms with Gasteiger partial charge in [-0.1, -0.05) is 30.3 Å². The van der Waals surface area contributed by atoms with E-state index in [1.165, 1.54) is 31.2 Å². The smallest absolute Gasteiger partial charge is 0.0208 e. The lowest BCUT2D eigenvalue weighted by Crippen LogP contribution is -2.38. The van der Waals surface area contributed by atoms with Crippen molar-refractivity contribution in [2.75, 3.05) is 7.05 Å². The summed E-state index contributed by atoms with van der Waals surface area (Å²) in [4.78, 5) is 0. The van der Waals surface area contributed by atoms with Crippen LogP contribution in [0.1, 0.15) is 31.2 Å². The van der Waals surface area contributed by atoms with Gasteiger partial charge in [-0.05, 0) is 38.3 Å². The molecule has 2 heteroatoms. The Morgan fingerprint density at radius 3 is 2.25 bits per heavy atom. The van der Waals surface area contributed by atoms with Gasteiger partial charge in [0.05, 0.1) is 0 Å². The van der Waals surface area contributed by atoms with Crippen LogP contribution in [0, 0.1) is 0 Å². The molecule has 2 rings (SSSR count). The highest BCUT2D eigenvalue weighted by molar-refractivity contribution is 5.14. The summed E-state index contributed by atoms with van der Waals surface area (Å²) in [7, 11) is 2.07. The third-order valence-electron chi connectivity index (χ3n) is 3.57. The van der Waals surface area contributed by atoms with E-state index >= 15 is 0 Å². The molecule has 1 aromatic carbocycles. The Morgan fingerprint density at radius 1 is 1.00 bits per heavy atom. The van der Waals surface area contributed by atoms with Gasteiger partial charge in [0.25, 0.3) is 0 Å². The summed E-state index contributed by atoms with van der Waals surface area (Å²) < 4.78 is 0. The van der Waals surface area contributed by atoms with E-state index in [1.54, 1.807) is 0 Å². The second-order valence-corrected chi connectivity index (χ2v) is 4.70. The third-order valence-corrected chi connectivity index (χ3v) is 3.57. The lowest BCUT2D eigenvalue weighted by atomic mass is 9.91. The minimum Gasteiger partial charge on any atom is -0.317 e. The predicted molar refractivity (Wildman–Crippen MR) is 68.4 cm³/mol. The number of benzene rings is 1. The van der Waals surface area contributed by atoms with Crippen molar-refractivity contribution < 1.29 is 0 Å². The monoisotopic (exact) mass is 218 g/mol. The van der Waals surface area contributed by atoms with Gasteiger partial charge in [-0.2, -0.15) is 0 Å². The van der Waals surface area contributed by atoms with Crippen LogP contribution in [0.15, 0.2) is 30.3 Å². The number of rotatable bonds is 4. The summed E-state index contributed by atoms with van der Waals surface area (Å²) in [5, 5.41) is 7.03. The molecule has 1 aliphatic carbocycles. The number of nitrogens with one attached hydrogen (secondary N) is 2. The molecular formula is C14H22N2. The predicted octanol–water partition coefficient (Wildman–Crippen LogP) is 2.31. The van der Waals surface area contributed by atoms with Crippen LogP contribution in [-0.2, 0) is 6.54 Å². The average Bonchev–Trinajstić information content (AvgIpc) is 2.38. The maximum atomic E-state index is 3.65. The second kappa shape index (κ2) is 6.02. The van der Waals surface area contributed by atoms with Crippen LogP contribution in [0.25, 0.3) is 0 Å². The highest BCUT2D eigenvalue weighted by Crippen LogP contribution is 2.18. The summed E-state index contributed by atoms with van der Waals surface area (Å²) in [6.45, 7) is 1.01. The van der Waals surface area contributed by atoms with Crippen LogP contribution in [0.3, 0.4) is 0 Å². The molecule has 0 aromatic heterocycles. The minimum atomic E-state index is 0.713. The van der Waals surface area contributed by atoms with Gasteiger partial charge in [0.15, 0.2) is 0 Å². The molecule has 1 fully saturated rings. The summed E-state index contributed by atoms with van der Waals surface area (Å²) in [6, 6.07) is 12.1. The number of hydrogen-bond donors (Lipinski definition) is 2. The Labute approximate surface area is 98.4 Å². The number of hydrogen-bond acceptors (Lipinski definition) is 2. The molecule has 88 valence electrons. The lowest BCUT2D eigenvalue weighted by molar-refractivity contribution is 0.317. The maximum Gasteiger partial charge on any atom is 0.0208 e. The zero-order valence-electron chi connectivity index (χ0n) is 10.1. The van der Waals surface area contributed by atoms with Crippen molar-refractivity contribution in [3.63, 3.8) is 0 Å². The molecule has 0 amide bonds. The Kier molecular flexibility index (Phi) is 4.37. The van der Waals surface area contributed by atoms with Crippen molar-refractivity contribution in [2.45, 2.75) is 44.3 Å². The topological polar surface area (TPSA) is 24.1 Å². The second-order valence-electron chi connectivity index (χ2n) is 4.70. The van der Waals surface area contributed by atoms with Gasteiger partial charge in [-0.25, -0.2) is 0 Å². The summed E-state index contributed by atoms with van der Waals surface area (Å²) in [5.74, 6) is 0. The van der Waals surface area contributed by atoms with Crippen LogP contribution in [0.4, 0.5) is 0 Å². The van der Waals surface area contributed by atoms with Crippen molar-refractivity contribution in [3.8, 4) is 0 Å². The summed E-state index contributed by atoms with van der Waals surface area (Å²) >= 11 is 0. The van der Waals surface area contributed by atoms with Gasteiger partial charge in [-0.3, -0.25) is 0 Å². The van der Waals surface area contributed by atoms with E-state index in [0.29, 0.717) is 6.04 Å². The molecule has 0 heterocycles. The minimum absolute atomic E-state index is 0.713. The first-order chi connectivity index (χ1) is 7.88. The van der Waals surface area contributed by atoms with E-state index in [-0.39, 0.29) is 0 Å². The fourth-order valence-corrected chi connectivity index (χ4v) is 2.44. The molecule has 2 N–H and O–H groups in total. The molecular weight excluding hydrogens is 196 g/mol. The molecule has 16 heavy (non-hydrogen) atoms. The first kappa shape index (κ1) is 11.6. The first-order valence-electron chi connectivity index (χ1n) is 6.33. The normalized spacial score (nSPS) is 25.6. The molecule has 0 unspecified atom stereocenters. The van der Waals surface area contributed by atoms with E-state index in [0.717, 1.165) is 12.6 Å². The Morgan fingerprint density at radius 2 is 1.62 bits per heavy atom. The molecule has 0 radical (unpaired) electrons. The molecule has 0 aliphatic heterocycles. The SMILES string of the molecule is CNC1CCC(NCc2ccccc2)CC1. The van der Waals surface area contributed by atoms with Gasteiger partial charge in [0.2, 0.25) is 0 Å². The molecule has 1 aromatic rings. The van der Waals surface area contributed by atoms with Crippen molar-refractivity contribution in [1.29, 1.82) is 0 Å². The molecule has 0 spiro atoms.